The van der Waals surface area contributed by atoms with E-state index in [4.69, 9.17) is 9.47 Å². The number of ether oxygens (including phenoxy) is 2. The van der Waals surface area contributed by atoms with Crippen molar-refractivity contribution in [2.75, 3.05) is 14.2 Å². The molecule has 4 heteroatoms. The Morgan fingerprint density at radius 1 is 1.00 bits per heavy atom. The number of carbonyl (C=O) groups excluding carboxylic acids is 1. The molecule has 3 nitrogen and oxygen atoms in total. The van der Waals surface area contributed by atoms with Crippen LogP contribution in [0.5, 0.6) is 5.75 Å². The highest BCUT2D eigenvalue weighted by molar-refractivity contribution is 7.20. The minimum atomic E-state index is -0.304. The van der Waals surface area contributed by atoms with Crippen LogP contribution in [-0.4, -0.2) is 20.2 Å². The Bertz CT molecular complexity index is 805. The van der Waals surface area contributed by atoms with Crippen molar-refractivity contribution in [2.24, 2.45) is 0 Å². The van der Waals surface area contributed by atoms with Gasteiger partial charge in [-0.25, -0.2) is 4.79 Å². The quantitative estimate of drug-likeness (QED) is 0.674. The van der Waals surface area contributed by atoms with Gasteiger partial charge in [-0.1, -0.05) is 30.3 Å². The first-order valence-electron chi connectivity index (χ1n) is 6.49. The molecule has 0 bridgehead atoms. The maximum absolute atomic E-state index is 11.7. The van der Waals surface area contributed by atoms with E-state index in [1.54, 1.807) is 7.11 Å². The summed E-state index contributed by atoms with van der Waals surface area (Å²) in [6.45, 7) is 0. The molecule has 0 amide bonds. The average molecular weight is 298 g/mol. The first kappa shape index (κ1) is 13.6. The zero-order valence-corrected chi connectivity index (χ0v) is 12.6. The summed E-state index contributed by atoms with van der Waals surface area (Å²) < 4.78 is 11.3. The van der Waals surface area contributed by atoms with Crippen molar-refractivity contribution in [1.82, 2.24) is 0 Å². The summed E-state index contributed by atoms with van der Waals surface area (Å²) in [6.07, 6.45) is 0. The molecular formula is C17H14O3S. The molecule has 0 saturated heterocycles. The Hall–Kier alpha value is -2.33. The van der Waals surface area contributed by atoms with Crippen LogP contribution < -0.4 is 4.74 Å². The Morgan fingerprint density at radius 3 is 2.52 bits per heavy atom. The van der Waals surface area contributed by atoms with Crippen LogP contribution in [0.1, 0.15) is 9.67 Å². The molecular weight excluding hydrogens is 284 g/mol. The zero-order chi connectivity index (χ0) is 14.8. The molecule has 0 saturated carbocycles. The van der Waals surface area contributed by atoms with E-state index < -0.39 is 0 Å². The lowest BCUT2D eigenvalue weighted by atomic mass is 10.0. The summed E-state index contributed by atoms with van der Waals surface area (Å²) in [4.78, 5) is 12.3. The molecule has 0 N–H and O–H groups in total. The lowest BCUT2D eigenvalue weighted by Gasteiger charge is -2.09. The molecule has 106 valence electrons. The standard InChI is InChI=1S/C17H14O3S/c1-19-14-8-4-3-6-12(14)11-7-5-9-15-13(11)10-16(21-15)17(18)20-2/h3-10H,1-2H3. The van der Waals surface area contributed by atoms with Gasteiger partial charge < -0.3 is 9.47 Å². The van der Waals surface area contributed by atoms with E-state index in [1.807, 2.05) is 48.5 Å². The number of rotatable bonds is 3. The van der Waals surface area contributed by atoms with E-state index >= 15 is 0 Å². The van der Waals surface area contributed by atoms with Crippen LogP contribution in [0.4, 0.5) is 0 Å². The number of para-hydroxylation sites is 1. The van der Waals surface area contributed by atoms with Gasteiger partial charge in [0, 0.05) is 15.6 Å². The summed E-state index contributed by atoms with van der Waals surface area (Å²) >= 11 is 1.44. The molecule has 1 aromatic heterocycles. The molecule has 0 aliphatic rings. The van der Waals surface area contributed by atoms with Crippen molar-refractivity contribution in [3.63, 3.8) is 0 Å². The number of hydrogen-bond donors (Lipinski definition) is 0. The van der Waals surface area contributed by atoms with Crippen molar-refractivity contribution < 1.29 is 14.3 Å². The van der Waals surface area contributed by atoms with Crippen LogP contribution in [0.3, 0.4) is 0 Å². The van der Waals surface area contributed by atoms with Crippen LogP contribution in [-0.2, 0) is 4.74 Å². The lowest BCUT2D eigenvalue weighted by Crippen LogP contribution is -1.96. The fourth-order valence-corrected chi connectivity index (χ4v) is 3.37. The molecule has 0 atom stereocenters. The molecule has 0 aliphatic carbocycles. The van der Waals surface area contributed by atoms with Crippen molar-refractivity contribution in [1.29, 1.82) is 0 Å². The Kier molecular flexibility index (Phi) is 3.62. The molecule has 2 aromatic carbocycles. The highest BCUT2D eigenvalue weighted by atomic mass is 32.1. The number of carbonyl (C=O) groups is 1. The Morgan fingerprint density at radius 2 is 1.76 bits per heavy atom. The molecule has 0 aliphatic heterocycles. The van der Waals surface area contributed by atoms with Crippen LogP contribution >= 0.6 is 11.3 Å². The Balaban J connectivity index is 2.23. The minimum Gasteiger partial charge on any atom is -0.496 e. The maximum Gasteiger partial charge on any atom is 0.348 e. The van der Waals surface area contributed by atoms with Crippen molar-refractivity contribution in [3.8, 4) is 16.9 Å². The van der Waals surface area contributed by atoms with E-state index in [0.29, 0.717) is 4.88 Å². The molecule has 0 radical (unpaired) electrons. The highest BCUT2D eigenvalue weighted by Gasteiger charge is 2.14. The van der Waals surface area contributed by atoms with Gasteiger partial charge in [-0.2, -0.15) is 0 Å². The van der Waals surface area contributed by atoms with Gasteiger partial charge in [0.25, 0.3) is 0 Å². The van der Waals surface area contributed by atoms with E-state index in [9.17, 15) is 4.79 Å². The van der Waals surface area contributed by atoms with E-state index in [-0.39, 0.29) is 5.97 Å². The number of hydrogen-bond acceptors (Lipinski definition) is 4. The van der Waals surface area contributed by atoms with Crippen LogP contribution in [0.25, 0.3) is 21.2 Å². The normalized spacial score (nSPS) is 10.6. The van der Waals surface area contributed by atoms with Crippen molar-refractivity contribution in [3.05, 3.63) is 53.4 Å². The third-order valence-electron chi connectivity index (χ3n) is 3.35. The fraction of sp³-hybridized carbons (Fsp3) is 0.118. The van der Waals surface area contributed by atoms with E-state index in [0.717, 1.165) is 27.0 Å². The number of benzene rings is 2. The van der Waals surface area contributed by atoms with Gasteiger partial charge in [-0.15, -0.1) is 11.3 Å². The van der Waals surface area contributed by atoms with E-state index in [1.165, 1.54) is 18.4 Å². The largest absolute Gasteiger partial charge is 0.496 e. The second kappa shape index (κ2) is 5.58. The highest BCUT2D eigenvalue weighted by Crippen LogP contribution is 2.38. The monoisotopic (exact) mass is 298 g/mol. The Labute approximate surface area is 126 Å². The molecule has 0 unspecified atom stereocenters. The summed E-state index contributed by atoms with van der Waals surface area (Å²) in [5, 5.41) is 1.03. The number of fused-ring (bicyclic) bond motifs is 1. The van der Waals surface area contributed by atoms with Gasteiger partial charge in [0.2, 0.25) is 0 Å². The summed E-state index contributed by atoms with van der Waals surface area (Å²) in [7, 11) is 3.06. The lowest BCUT2D eigenvalue weighted by molar-refractivity contribution is 0.0606. The van der Waals surface area contributed by atoms with Crippen LogP contribution in [0, 0.1) is 0 Å². The molecule has 0 spiro atoms. The summed E-state index contributed by atoms with van der Waals surface area (Å²) in [6, 6.07) is 15.8. The topological polar surface area (TPSA) is 35.5 Å². The van der Waals surface area contributed by atoms with Crippen LogP contribution in [0.2, 0.25) is 0 Å². The van der Waals surface area contributed by atoms with Gasteiger partial charge in [0.05, 0.1) is 14.2 Å². The zero-order valence-electron chi connectivity index (χ0n) is 11.8. The van der Waals surface area contributed by atoms with Gasteiger partial charge in [-0.3, -0.25) is 0 Å². The summed E-state index contributed by atoms with van der Waals surface area (Å²) in [5.41, 5.74) is 2.07. The SMILES string of the molecule is COC(=O)c1cc2c(-c3ccccc3OC)cccc2s1. The van der Waals surface area contributed by atoms with Crippen molar-refractivity contribution in [2.45, 2.75) is 0 Å². The average Bonchev–Trinajstić information content (AvgIpc) is 2.98. The minimum absolute atomic E-state index is 0.304. The number of esters is 1. The third-order valence-corrected chi connectivity index (χ3v) is 4.43. The molecule has 3 rings (SSSR count). The smallest absolute Gasteiger partial charge is 0.348 e. The number of methoxy groups -OCH3 is 2. The van der Waals surface area contributed by atoms with Gasteiger partial charge in [0.15, 0.2) is 0 Å². The number of thiophene rings is 1. The molecule has 0 fully saturated rings. The molecule has 3 aromatic rings. The van der Waals surface area contributed by atoms with Gasteiger partial charge in [0.1, 0.15) is 10.6 Å². The fourth-order valence-electron chi connectivity index (χ4n) is 2.36. The third kappa shape index (κ3) is 2.38. The van der Waals surface area contributed by atoms with Crippen molar-refractivity contribution >= 4 is 27.4 Å². The predicted molar refractivity (Wildman–Crippen MR) is 85.2 cm³/mol. The molecule has 21 heavy (non-hydrogen) atoms. The maximum atomic E-state index is 11.7. The second-order valence-corrected chi connectivity index (χ2v) is 5.60. The van der Waals surface area contributed by atoms with Crippen LogP contribution in [0.15, 0.2) is 48.5 Å². The first-order valence-corrected chi connectivity index (χ1v) is 7.30. The van der Waals surface area contributed by atoms with Gasteiger partial charge in [-0.05, 0) is 23.8 Å². The van der Waals surface area contributed by atoms with E-state index in [2.05, 4.69) is 0 Å². The van der Waals surface area contributed by atoms with Gasteiger partial charge >= 0.3 is 5.97 Å². The first-order chi connectivity index (χ1) is 10.2. The summed E-state index contributed by atoms with van der Waals surface area (Å²) in [5.74, 6) is 0.512. The predicted octanol–water partition coefficient (Wildman–Crippen LogP) is 4.36. The molecule has 1 heterocycles. The second-order valence-electron chi connectivity index (χ2n) is 4.52.